The summed E-state index contributed by atoms with van der Waals surface area (Å²) in [6.07, 6.45) is 3.92. The summed E-state index contributed by atoms with van der Waals surface area (Å²) < 4.78 is 35.6. The number of para-hydroxylation sites is 1. The zero-order chi connectivity index (χ0) is 25.3. The van der Waals surface area contributed by atoms with E-state index in [-0.39, 0.29) is 17.5 Å². The van der Waals surface area contributed by atoms with Gasteiger partial charge in [0, 0.05) is 32.0 Å². The van der Waals surface area contributed by atoms with E-state index in [1.165, 1.54) is 20.2 Å². The molecular formula is C24H29N5O6S. The van der Waals surface area contributed by atoms with Gasteiger partial charge < -0.3 is 4.74 Å². The maximum absolute atomic E-state index is 13.0. The van der Waals surface area contributed by atoms with Gasteiger partial charge in [0.1, 0.15) is 11.4 Å². The molecule has 1 atom stereocenters. The smallest absolute Gasteiger partial charge is 0.303 e. The second-order valence-corrected chi connectivity index (χ2v) is 11.1. The Kier molecular flexibility index (Phi) is 6.93. The first kappa shape index (κ1) is 24.6. The van der Waals surface area contributed by atoms with Crippen LogP contribution in [0.1, 0.15) is 47.8 Å². The predicted molar refractivity (Wildman–Crippen MR) is 131 cm³/mol. The summed E-state index contributed by atoms with van der Waals surface area (Å²) in [6, 6.07) is 11.0. The Morgan fingerprint density at radius 3 is 2.61 bits per heavy atom. The highest BCUT2D eigenvalue weighted by Crippen LogP contribution is 2.42. The van der Waals surface area contributed by atoms with E-state index in [1.54, 1.807) is 4.68 Å². The lowest BCUT2D eigenvalue weighted by atomic mass is 9.82. The van der Waals surface area contributed by atoms with Gasteiger partial charge in [0.15, 0.2) is 5.65 Å². The SMILES string of the molecule is CN(C)S(=O)(=O)NC(=O)c1cc(OCC2CCOOC2)c2c(C3CCC3)nn(-c3ccccc3)c2n1. The Morgan fingerprint density at radius 1 is 1.19 bits per heavy atom. The Balaban J connectivity index is 1.62. The number of amides is 1. The third-order valence-corrected chi connectivity index (χ3v) is 7.93. The van der Waals surface area contributed by atoms with Crippen LogP contribution in [0, 0.1) is 5.92 Å². The molecule has 1 aliphatic heterocycles. The minimum Gasteiger partial charge on any atom is -0.492 e. The molecule has 0 spiro atoms. The summed E-state index contributed by atoms with van der Waals surface area (Å²) in [5, 5.41) is 5.65. The highest BCUT2D eigenvalue weighted by atomic mass is 32.2. The Hall–Kier alpha value is -3.06. The molecule has 1 saturated heterocycles. The average molecular weight is 516 g/mol. The molecule has 2 fully saturated rings. The molecule has 3 aromatic rings. The number of carbonyl (C=O) groups excluding carboxylic acids is 1. The molecule has 1 saturated carbocycles. The van der Waals surface area contributed by atoms with Crippen molar-refractivity contribution in [3.8, 4) is 11.4 Å². The lowest BCUT2D eigenvalue weighted by Crippen LogP contribution is -2.39. The Morgan fingerprint density at radius 2 is 1.97 bits per heavy atom. The Labute approximate surface area is 209 Å². The van der Waals surface area contributed by atoms with E-state index in [0.717, 1.165) is 46.8 Å². The van der Waals surface area contributed by atoms with Crippen LogP contribution in [-0.4, -0.2) is 67.3 Å². The van der Waals surface area contributed by atoms with Crippen LogP contribution in [0.25, 0.3) is 16.7 Å². The van der Waals surface area contributed by atoms with E-state index in [1.807, 2.05) is 30.3 Å². The van der Waals surface area contributed by atoms with Crippen LogP contribution >= 0.6 is 0 Å². The molecule has 5 rings (SSSR count). The summed E-state index contributed by atoms with van der Waals surface area (Å²) in [5.74, 6) is -0.0228. The fraction of sp³-hybridized carbons (Fsp3) is 0.458. The molecule has 2 aliphatic rings. The maximum atomic E-state index is 13.0. The van der Waals surface area contributed by atoms with Gasteiger partial charge in [-0.25, -0.2) is 24.2 Å². The maximum Gasteiger partial charge on any atom is 0.303 e. The van der Waals surface area contributed by atoms with Crippen LogP contribution < -0.4 is 9.46 Å². The summed E-state index contributed by atoms with van der Waals surface area (Å²) in [5.41, 5.74) is 2.01. The number of aromatic nitrogens is 3. The molecule has 1 unspecified atom stereocenters. The van der Waals surface area contributed by atoms with Gasteiger partial charge in [0.25, 0.3) is 5.91 Å². The van der Waals surface area contributed by atoms with Gasteiger partial charge >= 0.3 is 10.2 Å². The van der Waals surface area contributed by atoms with Crippen molar-refractivity contribution in [1.82, 2.24) is 23.8 Å². The molecule has 1 amide bonds. The quantitative estimate of drug-likeness (QED) is 0.454. The topological polar surface area (TPSA) is 125 Å². The number of hydrogen-bond donors (Lipinski definition) is 1. The normalized spacial score (nSPS) is 18.8. The number of pyridine rings is 1. The van der Waals surface area contributed by atoms with Crippen molar-refractivity contribution >= 4 is 27.1 Å². The number of carbonyl (C=O) groups is 1. The lowest BCUT2D eigenvalue weighted by Gasteiger charge is -2.24. The third kappa shape index (κ3) is 4.94. The molecular weight excluding hydrogens is 486 g/mol. The van der Waals surface area contributed by atoms with E-state index in [0.29, 0.717) is 31.2 Å². The molecule has 192 valence electrons. The van der Waals surface area contributed by atoms with Crippen molar-refractivity contribution < 1.29 is 27.7 Å². The van der Waals surface area contributed by atoms with Crippen LogP contribution in [0.5, 0.6) is 5.75 Å². The molecule has 0 bridgehead atoms. The van der Waals surface area contributed by atoms with Crippen LogP contribution in [-0.2, 0) is 20.0 Å². The van der Waals surface area contributed by atoms with Gasteiger partial charge in [-0.15, -0.1) is 0 Å². The molecule has 11 nitrogen and oxygen atoms in total. The standard InChI is InChI=1S/C24H29N5O6S/c1-28(2)36(31,32)27-24(30)19-13-20(33-14-16-11-12-34-35-15-16)21-22(17-7-6-8-17)26-29(23(21)25-19)18-9-4-3-5-10-18/h3-5,9-10,13,16-17H,6-8,11-12,14-15H2,1-2H3,(H,27,30). The van der Waals surface area contributed by atoms with Crippen molar-refractivity contribution in [2.45, 2.75) is 31.6 Å². The first-order valence-electron chi connectivity index (χ1n) is 11.9. The van der Waals surface area contributed by atoms with E-state index in [4.69, 9.17) is 19.6 Å². The van der Waals surface area contributed by atoms with Gasteiger partial charge in [0.2, 0.25) is 0 Å². The zero-order valence-corrected chi connectivity index (χ0v) is 21.0. The van der Waals surface area contributed by atoms with Crippen molar-refractivity contribution in [3.63, 3.8) is 0 Å². The number of benzene rings is 1. The molecule has 0 radical (unpaired) electrons. The van der Waals surface area contributed by atoms with Crippen LogP contribution in [0.2, 0.25) is 0 Å². The number of rotatable bonds is 8. The van der Waals surface area contributed by atoms with Gasteiger partial charge in [-0.05, 0) is 31.4 Å². The van der Waals surface area contributed by atoms with Gasteiger partial charge in [-0.2, -0.15) is 17.8 Å². The molecule has 12 heteroatoms. The number of fused-ring (bicyclic) bond motifs is 1. The minimum absolute atomic E-state index is 0.0802. The van der Waals surface area contributed by atoms with E-state index in [2.05, 4.69) is 9.71 Å². The molecule has 1 aromatic carbocycles. The summed E-state index contributed by atoms with van der Waals surface area (Å²) in [4.78, 5) is 27.7. The van der Waals surface area contributed by atoms with Crippen molar-refractivity contribution in [1.29, 1.82) is 0 Å². The van der Waals surface area contributed by atoms with Crippen molar-refractivity contribution in [2.24, 2.45) is 5.92 Å². The first-order chi connectivity index (χ1) is 17.3. The van der Waals surface area contributed by atoms with Crippen molar-refractivity contribution in [3.05, 3.63) is 47.8 Å². The van der Waals surface area contributed by atoms with Crippen LogP contribution in [0.3, 0.4) is 0 Å². The van der Waals surface area contributed by atoms with E-state index in [9.17, 15) is 13.2 Å². The van der Waals surface area contributed by atoms with Gasteiger partial charge in [-0.3, -0.25) is 4.79 Å². The molecule has 1 N–H and O–H groups in total. The third-order valence-electron chi connectivity index (χ3n) is 6.53. The average Bonchev–Trinajstić information content (AvgIpc) is 3.21. The summed E-state index contributed by atoms with van der Waals surface area (Å²) in [6.45, 7) is 1.23. The second kappa shape index (κ2) is 10.1. The molecule has 1 aliphatic carbocycles. The summed E-state index contributed by atoms with van der Waals surface area (Å²) >= 11 is 0. The Bertz CT molecular complexity index is 1350. The number of ether oxygens (including phenoxy) is 1. The number of nitrogens with zero attached hydrogens (tertiary/aromatic N) is 4. The minimum atomic E-state index is -4.01. The summed E-state index contributed by atoms with van der Waals surface area (Å²) in [7, 11) is -1.33. The molecule has 2 aromatic heterocycles. The van der Waals surface area contributed by atoms with Crippen LogP contribution in [0.15, 0.2) is 36.4 Å². The highest BCUT2D eigenvalue weighted by molar-refractivity contribution is 7.87. The number of nitrogens with one attached hydrogen (secondary N) is 1. The van der Waals surface area contributed by atoms with E-state index < -0.39 is 16.1 Å². The molecule has 3 heterocycles. The van der Waals surface area contributed by atoms with Gasteiger partial charge in [0.05, 0.1) is 36.6 Å². The van der Waals surface area contributed by atoms with Crippen molar-refractivity contribution in [2.75, 3.05) is 33.9 Å². The highest BCUT2D eigenvalue weighted by Gasteiger charge is 2.30. The first-order valence-corrected chi connectivity index (χ1v) is 13.4. The largest absolute Gasteiger partial charge is 0.492 e. The fourth-order valence-electron chi connectivity index (χ4n) is 4.16. The molecule has 36 heavy (non-hydrogen) atoms. The number of hydrogen-bond acceptors (Lipinski definition) is 8. The van der Waals surface area contributed by atoms with Gasteiger partial charge in [-0.1, -0.05) is 24.6 Å². The van der Waals surface area contributed by atoms with Crippen LogP contribution in [0.4, 0.5) is 0 Å². The predicted octanol–water partition coefficient (Wildman–Crippen LogP) is 2.57. The fourth-order valence-corrected chi connectivity index (χ4v) is 4.68. The lowest BCUT2D eigenvalue weighted by molar-refractivity contribution is -0.325. The zero-order valence-electron chi connectivity index (χ0n) is 20.2. The monoisotopic (exact) mass is 515 g/mol. The second-order valence-electron chi connectivity index (χ2n) is 9.26. The van der Waals surface area contributed by atoms with E-state index >= 15 is 0 Å².